The SMILES string of the molecule is CC(C)N(C(=O)CCn1c(=O)oc2ccccc21)C1CC1. The Morgan fingerprint density at radius 3 is 2.76 bits per heavy atom. The second-order valence-corrected chi connectivity index (χ2v) is 5.86. The molecule has 1 saturated carbocycles. The predicted molar refractivity (Wildman–Crippen MR) is 80.1 cm³/mol. The molecule has 1 aliphatic carbocycles. The van der Waals surface area contributed by atoms with E-state index in [1.165, 1.54) is 0 Å². The molecule has 1 amide bonds. The molecule has 0 bridgehead atoms. The van der Waals surface area contributed by atoms with Gasteiger partial charge in [0.2, 0.25) is 5.91 Å². The summed E-state index contributed by atoms with van der Waals surface area (Å²) in [7, 11) is 0. The van der Waals surface area contributed by atoms with Crippen LogP contribution in [0, 0.1) is 0 Å². The monoisotopic (exact) mass is 288 g/mol. The van der Waals surface area contributed by atoms with Crippen molar-refractivity contribution < 1.29 is 9.21 Å². The lowest BCUT2D eigenvalue weighted by atomic mass is 10.2. The number of fused-ring (bicyclic) bond motifs is 1. The third kappa shape index (κ3) is 2.73. The van der Waals surface area contributed by atoms with Crippen molar-refractivity contribution in [2.75, 3.05) is 0 Å². The van der Waals surface area contributed by atoms with Crippen LogP contribution >= 0.6 is 0 Å². The van der Waals surface area contributed by atoms with Crippen molar-refractivity contribution in [2.24, 2.45) is 0 Å². The summed E-state index contributed by atoms with van der Waals surface area (Å²) < 4.78 is 6.72. The molecule has 1 fully saturated rings. The molecule has 21 heavy (non-hydrogen) atoms. The number of para-hydroxylation sites is 2. The van der Waals surface area contributed by atoms with Gasteiger partial charge in [-0.05, 0) is 38.8 Å². The quantitative estimate of drug-likeness (QED) is 0.849. The Labute approximate surface area is 123 Å². The molecule has 5 nitrogen and oxygen atoms in total. The van der Waals surface area contributed by atoms with Crippen molar-refractivity contribution in [2.45, 2.75) is 51.7 Å². The molecule has 0 saturated heterocycles. The fourth-order valence-electron chi connectivity index (χ4n) is 2.83. The number of oxazole rings is 1. The van der Waals surface area contributed by atoms with Crippen LogP contribution in [0.3, 0.4) is 0 Å². The van der Waals surface area contributed by atoms with Gasteiger partial charge in [0.05, 0.1) is 5.52 Å². The first-order valence-electron chi connectivity index (χ1n) is 7.47. The smallest absolute Gasteiger partial charge is 0.408 e. The number of amides is 1. The average Bonchev–Trinajstić information content (AvgIpc) is 3.19. The number of aryl methyl sites for hydroxylation is 1. The summed E-state index contributed by atoms with van der Waals surface area (Å²) in [4.78, 5) is 26.2. The average molecular weight is 288 g/mol. The number of nitrogens with zero attached hydrogens (tertiary/aromatic N) is 2. The summed E-state index contributed by atoms with van der Waals surface area (Å²) in [5.74, 6) is -0.281. The molecule has 1 heterocycles. The minimum atomic E-state index is -0.397. The van der Waals surface area contributed by atoms with E-state index < -0.39 is 5.76 Å². The fraction of sp³-hybridized carbons (Fsp3) is 0.500. The third-order valence-electron chi connectivity index (χ3n) is 3.91. The molecule has 2 aromatic rings. The minimum Gasteiger partial charge on any atom is -0.408 e. The van der Waals surface area contributed by atoms with Gasteiger partial charge in [0.25, 0.3) is 0 Å². The Kier molecular flexibility index (Phi) is 3.57. The van der Waals surface area contributed by atoms with Gasteiger partial charge in [-0.1, -0.05) is 12.1 Å². The summed E-state index contributed by atoms with van der Waals surface area (Å²) in [5.41, 5.74) is 1.32. The van der Waals surface area contributed by atoms with Gasteiger partial charge in [-0.2, -0.15) is 0 Å². The van der Waals surface area contributed by atoms with Crippen LogP contribution in [0.2, 0.25) is 0 Å². The molecule has 3 rings (SSSR count). The van der Waals surface area contributed by atoms with Gasteiger partial charge >= 0.3 is 5.76 Å². The zero-order valence-corrected chi connectivity index (χ0v) is 12.4. The van der Waals surface area contributed by atoms with Gasteiger partial charge < -0.3 is 9.32 Å². The largest absolute Gasteiger partial charge is 0.419 e. The van der Waals surface area contributed by atoms with Crippen molar-refractivity contribution >= 4 is 17.0 Å². The van der Waals surface area contributed by atoms with Crippen molar-refractivity contribution in [1.29, 1.82) is 0 Å². The van der Waals surface area contributed by atoms with Crippen LogP contribution in [-0.4, -0.2) is 27.5 Å². The molecule has 0 spiro atoms. The van der Waals surface area contributed by atoms with Crippen LogP contribution in [0.4, 0.5) is 0 Å². The first kappa shape index (κ1) is 13.9. The summed E-state index contributed by atoms with van der Waals surface area (Å²) in [6.07, 6.45) is 2.52. The van der Waals surface area contributed by atoms with Crippen LogP contribution in [0.1, 0.15) is 33.1 Å². The van der Waals surface area contributed by atoms with Crippen LogP contribution in [0.5, 0.6) is 0 Å². The van der Waals surface area contributed by atoms with Crippen molar-refractivity contribution in [3.8, 4) is 0 Å². The zero-order chi connectivity index (χ0) is 15.0. The predicted octanol–water partition coefficient (Wildman–Crippen LogP) is 2.38. The molecule has 1 aromatic carbocycles. The molecule has 0 unspecified atom stereocenters. The van der Waals surface area contributed by atoms with Crippen LogP contribution in [0.15, 0.2) is 33.5 Å². The van der Waals surface area contributed by atoms with E-state index >= 15 is 0 Å². The standard InChI is InChI=1S/C16H20N2O3/c1-11(2)18(12-7-8-12)15(19)9-10-17-13-5-3-4-6-14(13)21-16(17)20/h3-6,11-12H,7-10H2,1-2H3. The first-order chi connectivity index (χ1) is 10.1. The molecule has 0 atom stereocenters. The molecular formula is C16H20N2O3. The number of hydrogen-bond acceptors (Lipinski definition) is 3. The normalized spacial score (nSPS) is 14.8. The van der Waals surface area contributed by atoms with E-state index in [-0.39, 0.29) is 11.9 Å². The van der Waals surface area contributed by atoms with Crippen molar-refractivity contribution in [3.63, 3.8) is 0 Å². The van der Waals surface area contributed by atoms with Gasteiger partial charge in [0.1, 0.15) is 0 Å². The van der Waals surface area contributed by atoms with E-state index in [1.54, 1.807) is 10.6 Å². The number of benzene rings is 1. The topological polar surface area (TPSA) is 55.5 Å². The fourth-order valence-corrected chi connectivity index (χ4v) is 2.83. The van der Waals surface area contributed by atoms with Crippen molar-refractivity contribution in [1.82, 2.24) is 9.47 Å². The molecular weight excluding hydrogens is 268 g/mol. The maximum atomic E-state index is 12.4. The van der Waals surface area contributed by atoms with Crippen LogP contribution in [0.25, 0.3) is 11.1 Å². The van der Waals surface area contributed by atoms with Gasteiger partial charge in [-0.15, -0.1) is 0 Å². The van der Waals surface area contributed by atoms with Gasteiger partial charge in [0, 0.05) is 25.0 Å². The molecule has 1 aromatic heterocycles. The molecule has 112 valence electrons. The molecule has 0 aliphatic heterocycles. The zero-order valence-electron chi connectivity index (χ0n) is 12.4. The maximum Gasteiger partial charge on any atom is 0.419 e. The minimum absolute atomic E-state index is 0.115. The lowest BCUT2D eigenvalue weighted by Gasteiger charge is -2.26. The van der Waals surface area contributed by atoms with Crippen LogP contribution in [-0.2, 0) is 11.3 Å². The Bertz CT molecular complexity index is 708. The molecule has 1 aliphatic rings. The lowest BCUT2D eigenvalue weighted by molar-refractivity contribution is -0.133. The summed E-state index contributed by atoms with van der Waals surface area (Å²) in [5, 5.41) is 0. The second-order valence-electron chi connectivity index (χ2n) is 5.86. The first-order valence-corrected chi connectivity index (χ1v) is 7.47. The number of aromatic nitrogens is 1. The number of rotatable bonds is 5. The van der Waals surface area contributed by atoms with Crippen molar-refractivity contribution in [3.05, 3.63) is 34.8 Å². The molecule has 0 radical (unpaired) electrons. The second kappa shape index (κ2) is 5.39. The summed E-state index contributed by atoms with van der Waals surface area (Å²) in [6, 6.07) is 7.90. The molecule has 5 heteroatoms. The Morgan fingerprint density at radius 2 is 2.10 bits per heavy atom. The maximum absolute atomic E-state index is 12.4. The van der Waals surface area contributed by atoms with Gasteiger partial charge in [0.15, 0.2) is 5.58 Å². The van der Waals surface area contributed by atoms with E-state index in [1.807, 2.05) is 36.9 Å². The van der Waals surface area contributed by atoms with E-state index in [4.69, 9.17) is 4.42 Å². The highest BCUT2D eigenvalue weighted by molar-refractivity contribution is 5.77. The number of carbonyl (C=O) groups is 1. The van der Waals surface area contributed by atoms with E-state index in [2.05, 4.69) is 0 Å². The van der Waals surface area contributed by atoms with Gasteiger partial charge in [-0.3, -0.25) is 9.36 Å². The highest BCUT2D eigenvalue weighted by Crippen LogP contribution is 2.29. The van der Waals surface area contributed by atoms with E-state index in [0.29, 0.717) is 24.6 Å². The summed E-state index contributed by atoms with van der Waals surface area (Å²) >= 11 is 0. The Hall–Kier alpha value is -2.04. The van der Waals surface area contributed by atoms with Crippen LogP contribution < -0.4 is 5.76 Å². The van der Waals surface area contributed by atoms with E-state index in [0.717, 1.165) is 18.4 Å². The third-order valence-corrected chi connectivity index (χ3v) is 3.91. The highest BCUT2D eigenvalue weighted by Gasteiger charge is 2.33. The Morgan fingerprint density at radius 1 is 1.38 bits per heavy atom. The summed E-state index contributed by atoms with van der Waals surface area (Å²) in [6.45, 7) is 4.44. The highest BCUT2D eigenvalue weighted by atomic mass is 16.4. The number of carbonyl (C=O) groups excluding carboxylic acids is 1. The Balaban J connectivity index is 1.75. The van der Waals surface area contributed by atoms with Gasteiger partial charge in [-0.25, -0.2) is 4.79 Å². The van der Waals surface area contributed by atoms with E-state index in [9.17, 15) is 9.59 Å². The number of hydrogen-bond donors (Lipinski definition) is 0. The molecule has 0 N–H and O–H groups in total. The lowest BCUT2D eigenvalue weighted by Crippen LogP contribution is -2.39.